The molecule has 2 heterocycles. The number of rotatable bonds is 4. The lowest BCUT2D eigenvalue weighted by atomic mass is 10.2. The topological polar surface area (TPSA) is 82.1 Å². The fourth-order valence-electron chi connectivity index (χ4n) is 2.87. The van der Waals surface area contributed by atoms with E-state index in [4.69, 9.17) is 4.74 Å². The summed E-state index contributed by atoms with van der Waals surface area (Å²) in [6.07, 6.45) is 2.30. The number of halogens is 1. The first-order valence-electron chi connectivity index (χ1n) is 9.25. The van der Waals surface area contributed by atoms with Gasteiger partial charge in [-0.25, -0.2) is 9.78 Å². The zero-order valence-corrected chi connectivity index (χ0v) is 20.0. The number of pyridine rings is 1. The molecule has 1 atom stereocenters. The van der Waals surface area contributed by atoms with Gasteiger partial charge in [0.15, 0.2) is 5.96 Å². The SMILES string of the molecule is CN=C(NCc1ccnc(N(C)C)c1)N1CCC(NC(=O)OC(C)(C)C)C1.I. The Kier molecular flexibility index (Phi) is 9.25. The predicted octanol–water partition coefficient (Wildman–Crippen LogP) is 2.44. The maximum atomic E-state index is 12.0. The van der Waals surface area contributed by atoms with Crippen LogP contribution in [-0.4, -0.2) is 67.8 Å². The van der Waals surface area contributed by atoms with Crippen LogP contribution in [0.3, 0.4) is 0 Å². The summed E-state index contributed by atoms with van der Waals surface area (Å²) < 4.78 is 5.33. The zero-order chi connectivity index (χ0) is 20.0. The first-order valence-corrected chi connectivity index (χ1v) is 9.25. The minimum atomic E-state index is -0.490. The van der Waals surface area contributed by atoms with E-state index in [0.29, 0.717) is 13.1 Å². The summed E-state index contributed by atoms with van der Waals surface area (Å²) in [4.78, 5) is 24.8. The Morgan fingerprint density at radius 2 is 2.14 bits per heavy atom. The Bertz CT molecular complexity index is 675. The van der Waals surface area contributed by atoms with Crippen LogP contribution in [0, 0.1) is 0 Å². The summed E-state index contributed by atoms with van der Waals surface area (Å²) in [6, 6.07) is 4.10. The Hall–Kier alpha value is -1.78. The highest BCUT2D eigenvalue weighted by atomic mass is 127. The van der Waals surface area contributed by atoms with Crippen molar-refractivity contribution in [1.29, 1.82) is 0 Å². The van der Waals surface area contributed by atoms with Gasteiger partial charge in [-0.15, -0.1) is 24.0 Å². The van der Waals surface area contributed by atoms with Crippen molar-refractivity contribution in [3.05, 3.63) is 23.9 Å². The van der Waals surface area contributed by atoms with E-state index in [2.05, 4.69) is 31.6 Å². The smallest absolute Gasteiger partial charge is 0.407 e. The summed E-state index contributed by atoms with van der Waals surface area (Å²) in [6.45, 7) is 7.79. The number of likely N-dealkylation sites (tertiary alicyclic amines) is 1. The van der Waals surface area contributed by atoms with Crippen LogP contribution >= 0.6 is 24.0 Å². The van der Waals surface area contributed by atoms with Gasteiger partial charge in [-0.2, -0.15) is 0 Å². The van der Waals surface area contributed by atoms with E-state index in [1.807, 2.05) is 52.0 Å². The molecular formula is C19H33IN6O2. The van der Waals surface area contributed by atoms with Gasteiger partial charge in [0.05, 0.1) is 6.04 Å². The van der Waals surface area contributed by atoms with Gasteiger partial charge >= 0.3 is 6.09 Å². The van der Waals surface area contributed by atoms with Crippen LogP contribution in [0.1, 0.15) is 32.8 Å². The van der Waals surface area contributed by atoms with E-state index in [1.165, 1.54) is 0 Å². The third kappa shape index (κ3) is 7.69. The summed E-state index contributed by atoms with van der Waals surface area (Å²) in [5.74, 6) is 1.75. The maximum absolute atomic E-state index is 12.0. The molecule has 158 valence electrons. The molecule has 1 aromatic rings. The number of nitrogens with zero attached hydrogens (tertiary/aromatic N) is 4. The lowest BCUT2D eigenvalue weighted by molar-refractivity contribution is 0.0507. The quantitative estimate of drug-likeness (QED) is 0.373. The molecule has 0 spiro atoms. The summed E-state index contributed by atoms with van der Waals surface area (Å²) >= 11 is 0. The number of carbonyl (C=O) groups is 1. The van der Waals surface area contributed by atoms with E-state index in [1.54, 1.807) is 7.05 Å². The normalized spacial score (nSPS) is 17.0. The van der Waals surface area contributed by atoms with Crippen LogP contribution < -0.4 is 15.5 Å². The lowest BCUT2D eigenvalue weighted by Crippen LogP contribution is -2.44. The summed E-state index contributed by atoms with van der Waals surface area (Å²) in [7, 11) is 5.72. The molecule has 9 heteroatoms. The molecule has 0 saturated carbocycles. The summed E-state index contributed by atoms with van der Waals surface area (Å²) in [5.41, 5.74) is 0.646. The number of aromatic nitrogens is 1. The molecule has 8 nitrogen and oxygen atoms in total. The molecule has 0 aromatic carbocycles. The molecule has 1 unspecified atom stereocenters. The number of anilines is 1. The third-order valence-corrected chi connectivity index (χ3v) is 4.14. The van der Waals surface area contributed by atoms with Crippen molar-refractivity contribution in [3.8, 4) is 0 Å². The van der Waals surface area contributed by atoms with Crippen molar-refractivity contribution >= 4 is 41.8 Å². The highest BCUT2D eigenvalue weighted by Gasteiger charge is 2.27. The van der Waals surface area contributed by atoms with E-state index in [9.17, 15) is 4.79 Å². The average molecular weight is 504 g/mol. The molecule has 2 N–H and O–H groups in total. The second-order valence-corrected chi connectivity index (χ2v) is 7.90. The summed E-state index contributed by atoms with van der Waals surface area (Å²) in [5, 5.41) is 6.33. The van der Waals surface area contributed by atoms with Gasteiger partial charge in [0.2, 0.25) is 0 Å². The Morgan fingerprint density at radius 1 is 1.43 bits per heavy atom. The molecular weight excluding hydrogens is 471 g/mol. The molecule has 1 amide bonds. The van der Waals surface area contributed by atoms with Gasteiger partial charge in [-0.1, -0.05) is 0 Å². The number of nitrogens with one attached hydrogen (secondary N) is 2. The van der Waals surface area contributed by atoms with Crippen LogP contribution in [0.2, 0.25) is 0 Å². The number of guanidine groups is 1. The maximum Gasteiger partial charge on any atom is 0.407 e. The van der Waals surface area contributed by atoms with E-state index < -0.39 is 5.60 Å². The van der Waals surface area contributed by atoms with Crippen molar-refractivity contribution in [2.75, 3.05) is 39.1 Å². The van der Waals surface area contributed by atoms with Gasteiger partial charge in [0, 0.05) is 47.0 Å². The third-order valence-electron chi connectivity index (χ3n) is 4.14. The number of carbonyl (C=O) groups excluding carboxylic acids is 1. The molecule has 1 fully saturated rings. The monoisotopic (exact) mass is 504 g/mol. The molecule has 28 heavy (non-hydrogen) atoms. The molecule has 0 aliphatic carbocycles. The number of alkyl carbamates (subject to hydrolysis) is 1. The number of hydrogen-bond donors (Lipinski definition) is 2. The lowest BCUT2D eigenvalue weighted by Gasteiger charge is -2.23. The molecule has 1 aromatic heterocycles. The first kappa shape index (κ1) is 24.3. The number of ether oxygens (including phenoxy) is 1. The molecule has 0 radical (unpaired) electrons. The Labute approximate surface area is 185 Å². The molecule has 1 aliphatic heterocycles. The number of hydrogen-bond acceptors (Lipinski definition) is 5. The van der Waals surface area contributed by atoms with Crippen LogP contribution in [0.15, 0.2) is 23.3 Å². The van der Waals surface area contributed by atoms with E-state index in [-0.39, 0.29) is 36.1 Å². The average Bonchev–Trinajstić information content (AvgIpc) is 3.02. The standard InChI is InChI=1S/C19H32N6O2.HI/c1-19(2,3)27-18(26)23-15-8-10-25(13-15)17(20-4)22-12-14-7-9-21-16(11-14)24(5)6;/h7,9,11,15H,8,10,12-13H2,1-6H3,(H,20,22)(H,23,26);1H. The van der Waals surface area contributed by atoms with Gasteiger partial charge in [0.25, 0.3) is 0 Å². The largest absolute Gasteiger partial charge is 0.444 e. The van der Waals surface area contributed by atoms with Gasteiger partial charge in [0.1, 0.15) is 11.4 Å². The number of amides is 1. The first-order chi connectivity index (χ1) is 12.7. The van der Waals surface area contributed by atoms with Crippen LogP contribution in [-0.2, 0) is 11.3 Å². The van der Waals surface area contributed by atoms with Crippen molar-refractivity contribution in [3.63, 3.8) is 0 Å². The Balaban J connectivity index is 0.00000392. The van der Waals surface area contributed by atoms with Crippen LogP contribution in [0.4, 0.5) is 10.6 Å². The second-order valence-electron chi connectivity index (χ2n) is 7.90. The van der Waals surface area contributed by atoms with Crippen molar-refractivity contribution in [1.82, 2.24) is 20.5 Å². The van der Waals surface area contributed by atoms with Gasteiger partial charge in [-0.3, -0.25) is 4.99 Å². The minimum Gasteiger partial charge on any atom is -0.444 e. The highest BCUT2D eigenvalue weighted by Crippen LogP contribution is 2.13. The van der Waals surface area contributed by atoms with E-state index in [0.717, 1.165) is 30.3 Å². The van der Waals surface area contributed by atoms with Crippen molar-refractivity contribution < 1.29 is 9.53 Å². The molecule has 2 rings (SSSR count). The second kappa shape index (κ2) is 10.7. The fraction of sp³-hybridized carbons (Fsp3) is 0.632. The zero-order valence-electron chi connectivity index (χ0n) is 17.7. The van der Waals surface area contributed by atoms with Gasteiger partial charge < -0.3 is 25.2 Å². The van der Waals surface area contributed by atoms with Gasteiger partial charge in [-0.05, 0) is 44.9 Å². The molecule has 0 bridgehead atoms. The minimum absolute atomic E-state index is 0. The van der Waals surface area contributed by atoms with Crippen molar-refractivity contribution in [2.24, 2.45) is 4.99 Å². The van der Waals surface area contributed by atoms with Crippen LogP contribution in [0.25, 0.3) is 0 Å². The van der Waals surface area contributed by atoms with Crippen LogP contribution in [0.5, 0.6) is 0 Å². The fourth-order valence-corrected chi connectivity index (χ4v) is 2.87. The van der Waals surface area contributed by atoms with E-state index >= 15 is 0 Å². The predicted molar refractivity (Wildman–Crippen MR) is 124 cm³/mol. The molecule has 1 aliphatic rings. The highest BCUT2D eigenvalue weighted by molar-refractivity contribution is 14.0. The number of aliphatic imine (C=N–C) groups is 1. The molecule has 1 saturated heterocycles. The van der Waals surface area contributed by atoms with Crippen molar-refractivity contribution in [2.45, 2.75) is 45.4 Å². The Morgan fingerprint density at radius 3 is 2.75 bits per heavy atom.